The SMILES string of the molecule is CC1CCC(C(N)c2ccccc2C(F)(F)F)CC1C. The van der Waals surface area contributed by atoms with Gasteiger partial charge in [0.25, 0.3) is 0 Å². The molecule has 0 radical (unpaired) electrons. The average Bonchev–Trinajstić information content (AvgIpc) is 2.40. The molecule has 0 aromatic heterocycles. The lowest BCUT2D eigenvalue weighted by Crippen LogP contribution is -2.30. The van der Waals surface area contributed by atoms with Crippen molar-refractivity contribution in [3.63, 3.8) is 0 Å². The molecular formula is C16H22F3N. The van der Waals surface area contributed by atoms with Crippen LogP contribution >= 0.6 is 0 Å². The van der Waals surface area contributed by atoms with E-state index >= 15 is 0 Å². The van der Waals surface area contributed by atoms with Gasteiger partial charge in [-0.25, -0.2) is 0 Å². The van der Waals surface area contributed by atoms with Crippen molar-refractivity contribution in [2.24, 2.45) is 23.5 Å². The minimum absolute atomic E-state index is 0.143. The number of alkyl halides is 3. The monoisotopic (exact) mass is 285 g/mol. The Hall–Kier alpha value is -1.03. The fourth-order valence-electron chi connectivity index (χ4n) is 3.22. The van der Waals surface area contributed by atoms with E-state index in [1.807, 2.05) is 0 Å². The topological polar surface area (TPSA) is 26.0 Å². The first-order valence-electron chi connectivity index (χ1n) is 7.22. The smallest absolute Gasteiger partial charge is 0.324 e. The Bertz CT molecular complexity index is 455. The molecule has 4 unspecified atom stereocenters. The molecular weight excluding hydrogens is 263 g/mol. The molecule has 112 valence electrons. The minimum atomic E-state index is -4.33. The third-order valence-electron chi connectivity index (χ3n) is 4.77. The van der Waals surface area contributed by atoms with Crippen molar-refractivity contribution in [3.8, 4) is 0 Å². The lowest BCUT2D eigenvalue weighted by Gasteiger charge is -2.36. The third-order valence-corrected chi connectivity index (χ3v) is 4.77. The summed E-state index contributed by atoms with van der Waals surface area (Å²) >= 11 is 0. The maximum atomic E-state index is 13.1. The highest BCUT2D eigenvalue weighted by atomic mass is 19.4. The Morgan fingerprint density at radius 1 is 1.10 bits per heavy atom. The van der Waals surface area contributed by atoms with Gasteiger partial charge in [0.1, 0.15) is 0 Å². The Labute approximate surface area is 118 Å². The van der Waals surface area contributed by atoms with Crippen LogP contribution in [0.15, 0.2) is 24.3 Å². The van der Waals surface area contributed by atoms with Gasteiger partial charge < -0.3 is 5.73 Å². The van der Waals surface area contributed by atoms with Crippen molar-refractivity contribution in [1.29, 1.82) is 0 Å². The number of nitrogens with two attached hydrogens (primary N) is 1. The van der Waals surface area contributed by atoms with Crippen LogP contribution in [0.25, 0.3) is 0 Å². The van der Waals surface area contributed by atoms with Gasteiger partial charge in [-0.1, -0.05) is 38.5 Å². The predicted molar refractivity (Wildman–Crippen MR) is 74.0 cm³/mol. The molecule has 0 heterocycles. The Morgan fingerprint density at radius 2 is 1.75 bits per heavy atom. The van der Waals surface area contributed by atoms with E-state index in [9.17, 15) is 13.2 Å². The van der Waals surface area contributed by atoms with E-state index in [1.165, 1.54) is 12.1 Å². The van der Waals surface area contributed by atoms with E-state index in [-0.39, 0.29) is 11.5 Å². The van der Waals surface area contributed by atoms with Crippen molar-refractivity contribution >= 4 is 0 Å². The molecule has 0 amide bonds. The van der Waals surface area contributed by atoms with Gasteiger partial charge in [-0.05, 0) is 42.2 Å². The minimum Gasteiger partial charge on any atom is -0.324 e. The molecule has 1 aliphatic rings. The van der Waals surface area contributed by atoms with Crippen LogP contribution in [0.2, 0.25) is 0 Å². The summed E-state index contributed by atoms with van der Waals surface area (Å²) in [5, 5.41) is 0. The molecule has 1 aliphatic carbocycles. The van der Waals surface area contributed by atoms with Gasteiger partial charge in [0.15, 0.2) is 0 Å². The van der Waals surface area contributed by atoms with E-state index < -0.39 is 17.8 Å². The van der Waals surface area contributed by atoms with E-state index in [4.69, 9.17) is 5.73 Å². The quantitative estimate of drug-likeness (QED) is 0.831. The first-order chi connectivity index (χ1) is 9.30. The van der Waals surface area contributed by atoms with Crippen LogP contribution in [0.5, 0.6) is 0 Å². The molecule has 1 aromatic carbocycles. The summed E-state index contributed by atoms with van der Waals surface area (Å²) in [6.07, 6.45) is -1.46. The standard InChI is InChI=1S/C16H22F3N/c1-10-7-8-12(9-11(10)2)15(20)13-5-3-4-6-14(13)16(17,18)19/h3-6,10-12,15H,7-9,20H2,1-2H3. The number of rotatable bonds is 2. The number of hydrogen-bond donors (Lipinski definition) is 1. The van der Waals surface area contributed by atoms with E-state index in [1.54, 1.807) is 6.07 Å². The van der Waals surface area contributed by atoms with Crippen LogP contribution in [-0.4, -0.2) is 0 Å². The van der Waals surface area contributed by atoms with Crippen molar-refractivity contribution < 1.29 is 13.2 Å². The Kier molecular flexibility index (Phi) is 4.43. The van der Waals surface area contributed by atoms with Crippen molar-refractivity contribution in [2.75, 3.05) is 0 Å². The van der Waals surface area contributed by atoms with Crippen LogP contribution in [0.1, 0.15) is 50.3 Å². The number of benzene rings is 1. The van der Waals surface area contributed by atoms with Gasteiger partial charge in [-0.2, -0.15) is 13.2 Å². The van der Waals surface area contributed by atoms with Crippen molar-refractivity contribution in [2.45, 2.75) is 45.3 Å². The van der Waals surface area contributed by atoms with Crippen LogP contribution < -0.4 is 5.73 Å². The lowest BCUT2D eigenvalue weighted by atomic mass is 9.72. The summed E-state index contributed by atoms with van der Waals surface area (Å²) in [4.78, 5) is 0. The molecule has 1 aromatic rings. The molecule has 2 N–H and O–H groups in total. The maximum Gasteiger partial charge on any atom is 0.416 e. The lowest BCUT2D eigenvalue weighted by molar-refractivity contribution is -0.138. The Morgan fingerprint density at radius 3 is 2.35 bits per heavy atom. The molecule has 0 spiro atoms. The van der Waals surface area contributed by atoms with E-state index in [0.29, 0.717) is 11.8 Å². The molecule has 1 fully saturated rings. The first-order valence-corrected chi connectivity index (χ1v) is 7.22. The summed E-state index contributed by atoms with van der Waals surface area (Å²) in [5.41, 5.74) is 5.83. The molecule has 1 nitrogen and oxygen atoms in total. The van der Waals surface area contributed by atoms with Gasteiger partial charge in [-0.3, -0.25) is 0 Å². The summed E-state index contributed by atoms with van der Waals surface area (Å²) in [5.74, 6) is 1.30. The second-order valence-electron chi connectivity index (χ2n) is 6.14. The Balaban J connectivity index is 2.24. The fourth-order valence-corrected chi connectivity index (χ4v) is 3.22. The summed E-state index contributed by atoms with van der Waals surface area (Å²) < 4.78 is 39.2. The fraction of sp³-hybridized carbons (Fsp3) is 0.625. The summed E-state index contributed by atoms with van der Waals surface area (Å²) in [6, 6.07) is 5.19. The van der Waals surface area contributed by atoms with E-state index in [2.05, 4.69) is 13.8 Å². The highest BCUT2D eigenvalue weighted by molar-refractivity contribution is 5.32. The number of hydrogen-bond acceptors (Lipinski definition) is 1. The van der Waals surface area contributed by atoms with Crippen LogP contribution in [0, 0.1) is 17.8 Å². The summed E-state index contributed by atoms with van der Waals surface area (Å²) in [7, 11) is 0. The largest absolute Gasteiger partial charge is 0.416 e. The zero-order valence-electron chi connectivity index (χ0n) is 12.0. The van der Waals surface area contributed by atoms with E-state index in [0.717, 1.165) is 25.3 Å². The predicted octanol–water partition coefficient (Wildman–Crippen LogP) is 4.78. The normalized spacial score (nSPS) is 29.2. The van der Waals surface area contributed by atoms with Gasteiger partial charge >= 0.3 is 6.18 Å². The van der Waals surface area contributed by atoms with Crippen LogP contribution in [0.3, 0.4) is 0 Å². The third kappa shape index (κ3) is 3.17. The maximum absolute atomic E-state index is 13.1. The zero-order valence-corrected chi connectivity index (χ0v) is 12.0. The molecule has 0 bridgehead atoms. The number of halogens is 3. The highest BCUT2D eigenvalue weighted by Gasteiger charge is 2.37. The molecule has 0 saturated heterocycles. The molecule has 2 rings (SSSR count). The van der Waals surface area contributed by atoms with Crippen LogP contribution in [0.4, 0.5) is 13.2 Å². The molecule has 1 saturated carbocycles. The van der Waals surface area contributed by atoms with Gasteiger partial charge in [0, 0.05) is 6.04 Å². The van der Waals surface area contributed by atoms with Gasteiger partial charge in [0.2, 0.25) is 0 Å². The molecule has 4 heteroatoms. The van der Waals surface area contributed by atoms with Gasteiger partial charge in [0.05, 0.1) is 5.56 Å². The first kappa shape index (κ1) is 15.4. The second-order valence-corrected chi connectivity index (χ2v) is 6.14. The van der Waals surface area contributed by atoms with Crippen LogP contribution in [-0.2, 0) is 6.18 Å². The van der Waals surface area contributed by atoms with Crippen molar-refractivity contribution in [3.05, 3.63) is 35.4 Å². The summed E-state index contributed by atoms with van der Waals surface area (Å²) in [6.45, 7) is 4.37. The molecule has 0 aliphatic heterocycles. The van der Waals surface area contributed by atoms with Gasteiger partial charge in [-0.15, -0.1) is 0 Å². The highest BCUT2D eigenvalue weighted by Crippen LogP contribution is 2.42. The zero-order chi connectivity index (χ0) is 14.9. The van der Waals surface area contributed by atoms with Crippen molar-refractivity contribution in [1.82, 2.24) is 0 Å². The second kappa shape index (κ2) is 5.76. The molecule has 4 atom stereocenters. The molecule has 20 heavy (non-hydrogen) atoms. The average molecular weight is 285 g/mol.